The Bertz CT molecular complexity index is 1370. The highest BCUT2D eigenvalue weighted by Gasteiger charge is 2.21. The van der Waals surface area contributed by atoms with Crippen molar-refractivity contribution in [3.05, 3.63) is 99.6 Å². The second kappa shape index (κ2) is 10.5. The number of fused-ring (bicyclic) bond motifs is 1. The second-order valence-electron chi connectivity index (χ2n) is 7.43. The molecule has 34 heavy (non-hydrogen) atoms. The minimum atomic E-state index is -0.889. The van der Waals surface area contributed by atoms with Gasteiger partial charge in [-0.3, -0.25) is 19.8 Å². The van der Waals surface area contributed by atoms with E-state index in [9.17, 15) is 14.4 Å². The third-order valence-corrected chi connectivity index (χ3v) is 5.90. The predicted octanol–water partition coefficient (Wildman–Crippen LogP) is 4.74. The summed E-state index contributed by atoms with van der Waals surface area (Å²) in [6, 6.07) is 23.4. The van der Waals surface area contributed by atoms with Crippen molar-refractivity contribution < 1.29 is 14.4 Å². The van der Waals surface area contributed by atoms with Crippen molar-refractivity contribution in [2.24, 2.45) is 0 Å². The fourth-order valence-corrected chi connectivity index (χ4v) is 3.98. The molecule has 3 N–H and O–H groups in total. The van der Waals surface area contributed by atoms with Crippen molar-refractivity contribution in [3.8, 4) is 0 Å². The number of anilines is 1. The van der Waals surface area contributed by atoms with E-state index in [-0.39, 0.29) is 5.69 Å². The fraction of sp³-hybridized carbons (Fsp3) is 0.0800. The third-order valence-electron chi connectivity index (χ3n) is 5.08. The first kappa shape index (κ1) is 23.5. The highest BCUT2D eigenvalue weighted by atomic mass is 79.9. The van der Waals surface area contributed by atoms with Crippen LogP contribution in [0, 0.1) is 0 Å². The zero-order chi connectivity index (χ0) is 24.1. The number of rotatable bonds is 6. The van der Waals surface area contributed by atoms with E-state index in [0.29, 0.717) is 34.6 Å². The molecule has 0 bridgehead atoms. The smallest absolute Gasteiger partial charge is 0.328 e. The number of aromatic nitrogens is 1. The van der Waals surface area contributed by atoms with Crippen molar-refractivity contribution >= 4 is 61.8 Å². The standard InChI is InChI=1S/C25H20BrClN4O3/c26-18-10-11-21-17(14-18)15-22(23(32)29-20-9-5-4-8-19(20)27)31(21)30-25(34)24(33)28-13-12-16-6-2-1-3-7-16/h1-11,14-15H,12-13H2,(H,28,33)(H,29,32)(H,30,34). The number of nitrogens with one attached hydrogen (secondary N) is 3. The summed E-state index contributed by atoms with van der Waals surface area (Å²) in [5, 5.41) is 6.42. The van der Waals surface area contributed by atoms with Gasteiger partial charge in [0.1, 0.15) is 5.69 Å². The van der Waals surface area contributed by atoms with Gasteiger partial charge in [0.25, 0.3) is 5.91 Å². The number of halogens is 2. The molecule has 1 aromatic heterocycles. The quantitative estimate of drug-likeness (QED) is 0.309. The molecule has 0 fully saturated rings. The van der Waals surface area contributed by atoms with Crippen LogP contribution in [0.15, 0.2) is 83.3 Å². The molecule has 9 heteroatoms. The number of carbonyl (C=O) groups is 3. The molecular formula is C25H20BrClN4O3. The molecule has 0 unspecified atom stereocenters. The van der Waals surface area contributed by atoms with Gasteiger partial charge < -0.3 is 10.6 Å². The second-order valence-corrected chi connectivity index (χ2v) is 8.76. The van der Waals surface area contributed by atoms with Gasteiger partial charge in [0.15, 0.2) is 0 Å². The number of nitrogens with zero attached hydrogens (tertiary/aromatic N) is 1. The summed E-state index contributed by atoms with van der Waals surface area (Å²) < 4.78 is 2.10. The normalized spacial score (nSPS) is 10.6. The van der Waals surface area contributed by atoms with Gasteiger partial charge in [-0.25, -0.2) is 4.68 Å². The van der Waals surface area contributed by atoms with E-state index in [2.05, 4.69) is 32.0 Å². The Morgan fingerprint density at radius 3 is 2.38 bits per heavy atom. The first-order valence-corrected chi connectivity index (χ1v) is 11.6. The fourth-order valence-electron chi connectivity index (χ4n) is 3.42. The molecule has 0 radical (unpaired) electrons. The molecule has 0 aliphatic heterocycles. The summed E-state index contributed by atoms with van der Waals surface area (Å²) in [6.45, 7) is 0.301. The molecule has 0 spiro atoms. The van der Waals surface area contributed by atoms with Gasteiger partial charge in [0.2, 0.25) is 0 Å². The van der Waals surface area contributed by atoms with Crippen LogP contribution in [0.1, 0.15) is 16.1 Å². The zero-order valence-electron chi connectivity index (χ0n) is 17.8. The van der Waals surface area contributed by atoms with E-state index in [1.54, 1.807) is 42.5 Å². The SMILES string of the molecule is O=C(NCCc1ccccc1)C(=O)Nn1c(C(=O)Nc2ccccc2Cl)cc2cc(Br)ccc21. The maximum absolute atomic E-state index is 13.1. The van der Waals surface area contributed by atoms with Crippen LogP contribution < -0.4 is 16.1 Å². The summed E-state index contributed by atoms with van der Waals surface area (Å²) in [4.78, 5) is 38.1. The van der Waals surface area contributed by atoms with E-state index >= 15 is 0 Å². The Balaban J connectivity index is 1.53. The summed E-state index contributed by atoms with van der Waals surface area (Å²) in [6.07, 6.45) is 0.589. The maximum atomic E-state index is 13.1. The molecule has 3 aromatic carbocycles. The van der Waals surface area contributed by atoms with Gasteiger partial charge in [0.05, 0.1) is 16.2 Å². The van der Waals surface area contributed by atoms with E-state index in [1.807, 2.05) is 36.4 Å². The Kier molecular flexibility index (Phi) is 7.30. The lowest BCUT2D eigenvalue weighted by molar-refractivity contribution is -0.136. The number of amides is 3. The van der Waals surface area contributed by atoms with Gasteiger partial charge in [-0.2, -0.15) is 0 Å². The first-order valence-electron chi connectivity index (χ1n) is 10.4. The molecular weight excluding hydrogens is 520 g/mol. The van der Waals surface area contributed by atoms with Gasteiger partial charge in [0, 0.05) is 16.4 Å². The molecule has 172 valence electrons. The molecule has 0 atom stereocenters. The Hall–Kier alpha value is -3.62. The summed E-state index contributed by atoms with van der Waals surface area (Å²) in [5.41, 5.74) is 4.70. The molecule has 0 saturated carbocycles. The average molecular weight is 540 g/mol. The van der Waals surface area contributed by atoms with Crippen molar-refractivity contribution in [1.82, 2.24) is 9.99 Å². The predicted molar refractivity (Wildman–Crippen MR) is 137 cm³/mol. The average Bonchev–Trinajstić information content (AvgIpc) is 3.18. The number of hydrogen-bond acceptors (Lipinski definition) is 3. The van der Waals surface area contributed by atoms with Crippen LogP contribution in [0.4, 0.5) is 5.69 Å². The summed E-state index contributed by atoms with van der Waals surface area (Å²) in [7, 11) is 0. The monoisotopic (exact) mass is 538 g/mol. The first-order chi connectivity index (χ1) is 16.4. The zero-order valence-corrected chi connectivity index (χ0v) is 20.2. The Labute approximate surface area is 209 Å². The van der Waals surface area contributed by atoms with E-state index < -0.39 is 17.7 Å². The highest BCUT2D eigenvalue weighted by Crippen LogP contribution is 2.25. The number of hydrogen-bond donors (Lipinski definition) is 3. The van der Waals surface area contributed by atoms with Gasteiger partial charge in [-0.15, -0.1) is 0 Å². The van der Waals surface area contributed by atoms with Crippen LogP contribution in [-0.2, 0) is 16.0 Å². The van der Waals surface area contributed by atoms with E-state index in [4.69, 9.17) is 11.6 Å². The van der Waals surface area contributed by atoms with Gasteiger partial charge in [-0.05, 0) is 48.4 Å². The van der Waals surface area contributed by atoms with Crippen molar-refractivity contribution in [3.63, 3.8) is 0 Å². The van der Waals surface area contributed by atoms with Crippen molar-refractivity contribution in [2.45, 2.75) is 6.42 Å². The van der Waals surface area contributed by atoms with Crippen LogP contribution >= 0.6 is 27.5 Å². The number of carbonyl (C=O) groups excluding carboxylic acids is 3. The third kappa shape index (κ3) is 5.47. The Morgan fingerprint density at radius 2 is 1.62 bits per heavy atom. The molecule has 7 nitrogen and oxygen atoms in total. The molecule has 0 aliphatic carbocycles. The van der Waals surface area contributed by atoms with Crippen LogP contribution in [-0.4, -0.2) is 28.9 Å². The molecule has 4 aromatic rings. The lowest BCUT2D eigenvalue weighted by atomic mass is 10.1. The number of para-hydroxylation sites is 1. The molecule has 0 aliphatic rings. The van der Waals surface area contributed by atoms with Crippen LogP contribution in [0.5, 0.6) is 0 Å². The lowest BCUT2D eigenvalue weighted by Gasteiger charge is -2.13. The van der Waals surface area contributed by atoms with E-state index in [1.165, 1.54) is 4.68 Å². The molecule has 4 rings (SSSR count). The van der Waals surface area contributed by atoms with Crippen LogP contribution in [0.3, 0.4) is 0 Å². The van der Waals surface area contributed by atoms with Gasteiger partial charge >= 0.3 is 11.8 Å². The van der Waals surface area contributed by atoms with Gasteiger partial charge in [-0.1, -0.05) is 70.0 Å². The number of benzene rings is 3. The maximum Gasteiger partial charge on any atom is 0.328 e. The minimum absolute atomic E-state index is 0.137. The topological polar surface area (TPSA) is 92.2 Å². The largest absolute Gasteiger partial charge is 0.347 e. The molecule has 3 amide bonds. The van der Waals surface area contributed by atoms with Crippen molar-refractivity contribution in [1.29, 1.82) is 0 Å². The summed E-state index contributed by atoms with van der Waals surface area (Å²) >= 11 is 9.57. The molecule has 0 saturated heterocycles. The van der Waals surface area contributed by atoms with Crippen LogP contribution in [0.2, 0.25) is 5.02 Å². The molecule has 1 heterocycles. The minimum Gasteiger partial charge on any atom is -0.347 e. The summed E-state index contributed by atoms with van der Waals surface area (Å²) in [5.74, 6) is -2.18. The lowest BCUT2D eigenvalue weighted by Crippen LogP contribution is -2.40. The highest BCUT2D eigenvalue weighted by molar-refractivity contribution is 9.10. The van der Waals surface area contributed by atoms with Crippen LogP contribution in [0.25, 0.3) is 10.9 Å². The Morgan fingerprint density at radius 1 is 0.882 bits per heavy atom. The van der Waals surface area contributed by atoms with E-state index in [0.717, 1.165) is 10.0 Å². The van der Waals surface area contributed by atoms with Crippen molar-refractivity contribution in [2.75, 3.05) is 17.3 Å².